The van der Waals surface area contributed by atoms with Gasteiger partial charge in [0, 0.05) is 0 Å². The van der Waals surface area contributed by atoms with Crippen LogP contribution in [0.1, 0.15) is 28.0 Å². The van der Waals surface area contributed by atoms with Crippen molar-refractivity contribution in [3.63, 3.8) is 0 Å². The minimum absolute atomic E-state index is 0.323. The number of carbonyl (C=O) groups excluding carboxylic acids is 1. The third-order valence-corrected chi connectivity index (χ3v) is 5.43. The zero-order chi connectivity index (χ0) is 18.5. The van der Waals surface area contributed by atoms with Gasteiger partial charge in [0.15, 0.2) is 5.82 Å². The molecule has 0 saturated carbocycles. The van der Waals surface area contributed by atoms with Crippen molar-refractivity contribution in [1.29, 1.82) is 0 Å². The second-order valence-corrected chi connectivity index (χ2v) is 7.04. The fraction of sp³-hybridized carbons (Fsp3) is 0.500. The first kappa shape index (κ1) is 18.6. The molecule has 1 saturated heterocycles. The van der Waals surface area contributed by atoms with Crippen LogP contribution in [-0.2, 0) is 16.0 Å². The zero-order valence-corrected chi connectivity index (χ0v) is 15.9. The van der Waals surface area contributed by atoms with E-state index in [-0.39, 0.29) is 5.97 Å². The molecule has 8 heteroatoms. The lowest BCUT2D eigenvalue weighted by atomic mass is 10.2. The highest BCUT2D eigenvalue weighted by Crippen LogP contribution is 2.34. The molecule has 1 fully saturated rings. The highest BCUT2D eigenvalue weighted by Gasteiger charge is 2.23. The summed E-state index contributed by atoms with van der Waals surface area (Å²) in [6.07, 6.45) is 5.39. The molecular weight excluding hydrogens is 352 g/mol. The Morgan fingerprint density at radius 2 is 2.19 bits per heavy atom. The quantitative estimate of drug-likeness (QED) is 0.570. The maximum absolute atomic E-state index is 12.2. The van der Waals surface area contributed by atoms with Gasteiger partial charge < -0.3 is 19.7 Å². The lowest BCUT2D eigenvalue weighted by Gasteiger charge is -2.23. The van der Waals surface area contributed by atoms with Crippen molar-refractivity contribution < 1.29 is 19.2 Å². The van der Waals surface area contributed by atoms with E-state index in [4.69, 9.17) is 20.9 Å². The average Bonchev–Trinajstić information content (AvgIpc) is 2.97. The van der Waals surface area contributed by atoms with Crippen molar-refractivity contribution in [2.24, 2.45) is 0 Å². The summed E-state index contributed by atoms with van der Waals surface area (Å²) in [6.45, 7) is 8.49. The van der Waals surface area contributed by atoms with Crippen LogP contribution in [0.5, 0.6) is 0 Å². The van der Waals surface area contributed by atoms with Gasteiger partial charge >= 0.3 is 5.97 Å². The molecule has 3 heterocycles. The summed E-state index contributed by atoms with van der Waals surface area (Å²) in [5.41, 5.74) is 0.827. The molecule has 0 radical (unpaired) electrons. The Kier molecular flexibility index (Phi) is 6.04. The molecule has 2 aromatic heterocycles. The minimum atomic E-state index is -0.323. The number of hydrogen-bond acceptors (Lipinski definition) is 7. The van der Waals surface area contributed by atoms with Gasteiger partial charge in [-0.2, -0.15) is 0 Å². The number of hydrogen-bond donors (Lipinski definition) is 2. The normalized spacial score (nSPS) is 15.0. The second kappa shape index (κ2) is 8.45. The van der Waals surface area contributed by atoms with E-state index in [0.29, 0.717) is 23.8 Å². The van der Waals surface area contributed by atoms with Crippen molar-refractivity contribution in [3.8, 4) is 12.3 Å². The van der Waals surface area contributed by atoms with Gasteiger partial charge in [-0.15, -0.1) is 17.8 Å². The third kappa shape index (κ3) is 3.96. The highest BCUT2D eigenvalue weighted by molar-refractivity contribution is 7.20. The molecule has 3 rings (SSSR count). The van der Waals surface area contributed by atoms with Crippen LogP contribution in [0.3, 0.4) is 0 Å². The Bertz CT molecular complexity index is 837. The van der Waals surface area contributed by atoms with E-state index in [0.717, 1.165) is 54.5 Å². The summed E-state index contributed by atoms with van der Waals surface area (Å²) in [7, 11) is 0. The van der Waals surface area contributed by atoms with Crippen molar-refractivity contribution in [2.45, 2.75) is 20.4 Å². The number of morpholine rings is 1. The molecule has 0 bridgehead atoms. The molecule has 2 N–H and O–H groups in total. The standard InChI is InChI=1S/C18H22N4O3S/c1-4-6-19-16-14-12(3)15(18(23)25-5-2)26-17(14)21-13(20-16)11-22-7-9-24-10-8-22/h1H,5-11H2,2-3H3,(H,19,20,21)/p+1. The fourth-order valence-corrected chi connectivity index (χ4v) is 4.07. The lowest BCUT2D eigenvalue weighted by molar-refractivity contribution is -0.922. The monoisotopic (exact) mass is 375 g/mol. The summed E-state index contributed by atoms with van der Waals surface area (Å²) in [4.78, 5) is 24.4. The van der Waals surface area contributed by atoms with Crippen LogP contribution in [0.15, 0.2) is 0 Å². The molecule has 0 aliphatic carbocycles. The molecule has 1 aliphatic heterocycles. The molecule has 2 aromatic rings. The number of nitrogens with zero attached hydrogens (tertiary/aromatic N) is 2. The number of terminal acetylenes is 1. The predicted octanol–water partition coefficient (Wildman–Crippen LogP) is 0.637. The van der Waals surface area contributed by atoms with Gasteiger partial charge in [-0.05, 0) is 19.4 Å². The molecule has 1 aliphatic rings. The molecule has 0 spiro atoms. The number of aromatic nitrogens is 2. The van der Waals surface area contributed by atoms with E-state index < -0.39 is 0 Å². The van der Waals surface area contributed by atoms with E-state index in [1.54, 1.807) is 6.92 Å². The highest BCUT2D eigenvalue weighted by atomic mass is 32.1. The van der Waals surface area contributed by atoms with Crippen LogP contribution in [0.2, 0.25) is 0 Å². The van der Waals surface area contributed by atoms with Crippen LogP contribution in [-0.4, -0.2) is 55.4 Å². The van der Waals surface area contributed by atoms with Crippen molar-refractivity contribution in [1.82, 2.24) is 9.97 Å². The molecule has 0 unspecified atom stereocenters. The Balaban J connectivity index is 1.99. The molecule has 0 atom stereocenters. The summed E-state index contributed by atoms with van der Waals surface area (Å²) < 4.78 is 10.6. The minimum Gasteiger partial charge on any atom is -0.462 e. The number of aryl methyl sites for hydroxylation is 1. The average molecular weight is 375 g/mol. The van der Waals surface area contributed by atoms with Gasteiger partial charge in [-0.25, -0.2) is 14.8 Å². The smallest absolute Gasteiger partial charge is 0.348 e. The Labute approximate surface area is 156 Å². The lowest BCUT2D eigenvalue weighted by Crippen LogP contribution is -3.12. The summed E-state index contributed by atoms with van der Waals surface area (Å²) in [6, 6.07) is 0. The van der Waals surface area contributed by atoms with Gasteiger partial charge in [0.2, 0.25) is 0 Å². The van der Waals surface area contributed by atoms with Crippen LogP contribution >= 0.6 is 11.3 Å². The maximum atomic E-state index is 12.2. The number of fused-ring (bicyclic) bond motifs is 1. The first-order valence-electron chi connectivity index (χ1n) is 8.69. The van der Waals surface area contributed by atoms with Gasteiger partial charge in [0.25, 0.3) is 0 Å². The molecule has 138 valence electrons. The number of esters is 1. The number of quaternary nitrogens is 1. The number of ether oxygens (including phenoxy) is 2. The van der Waals surface area contributed by atoms with Crippen LogP contribution in [0.4, 0.5) is 5.82 Å². The number of anilines is 1. The number of carbonyl (C=O) groups is 1. The second-order valence-electron chi connectivity index (χ2n) is 6.04. The summed E-state index contributed by atoms with van der Waals surface area (Å²) in [5.74, 6) is 3.67. The predicted molar refractivity (Wildman–Crippen MR) is 101 cm³/mol. The molecule has 26 heavy (non-hydrogen) atoms. The van der Waals surface area contributed by atoms with Gasteiger partial charge in [0.1, 0.15) is 35.2 Å². The fourth-order valence-electron chi connectivity index (χ4n) is 2.98. The third-order valence-electron chi connectivity index (χ3n) is 4.26. The molecule has 0 amide bonds. The van der Waals surface area contributed by atoms with E-state index in [2.05, 4.69) is 16.2 Å². The summed E-state index contributed by atoms with van der Waals surface area (Å²) >= 11 is 1.34. The largest absolute Gasteiger partial charge is 0.462 e. The first-order chi connectivity index (χ1) is 12.6. The topological polar surface area (TPSA) is 77.8 Å². The number of nitrogens with one attached hydrogen (secondary N) is 2. The Morgan fingerprint density at radius 3 is 2.88 bits per heavy atom. The van der Waals surface area contributed by atoms with E-state index in [1.165, 1.54) is 16.2 Å². The molecule has 0 aromatic carbocycles. The first-order valence-corrected chi connectivity index (χ1v) is 9.51. The van der Waals surface area contributed by atoms with Crippen LogP contribution in [0, 0.1) is 19.3 Å². The molecular formula is C18H23N4O3S+. The zero-order valence-electron chi connectivity index (χ0n) is 15.1. The number of thiophene rings is 1. The van der Waals surface area contributed by atoms with Crippen molar-refractivity contribution in [3.05, 3.63) is 16.3 Å². The maximum Gasteiger partial charge on any atom is 0.348 e. The van der Waals surface area contributed by atoms with Crippen LogP contribution in [0.25, 0.3) is 10.2 Å². The van der Waals surface area contributed by atoms with Crippen molar-refractivity contribution in [2.75, 3.05) is 44.8 Å². The van der Waals surface area contributed by atoms with Crippen molar-refractivity contribution >= 4 is 33.3 Å². The Hall–Kier alpha value is -2.21. The van der Waals surface area contributed by atoms with E-state index in [1.807, 2.05) is 6.92 Å². The van der Waals surface area contributed by atoms with Gasteiger partial charge in [-0.1, -0.05) is 5.92 Å². The number of rotatable bonds is 6. The van der Waals surface area contributed by atoms with E-state index >= 15 is 0 Å². The van der Waals surface area contributed by atoms with Gasteiger partial charge in [0.05, 0.1) is 31.8 Å². The molecule has 7 nitrogen and oxygen atoms in total. The Morgan fingerprint density at radius 1 is 1.42 bits per heavy atom. The van der Waals surface area contributed by atoms with Crippen LogP contribution < -0.4 is 10.2 Å². The van der Waals surface area contributed by atoms with E-state index in [9.17, 15) is 4.79 Å². The SMILES string of the molecule is C#CCNc1nc(C[NH+]2CCOCC2)nc2sc(C(=O)OCC)c(C)c12. The summed E-state index contributed by atoms with van der Waals surface area (Å²) in [5, 5.41) is 4.02. The van der Waals surface area contributed by atoms with Gasteiger partial charge in [-0.3, -0.25) is 0 Å².